The molecule has 0 aromatic rings. The van der Waals surface area contributed by atoms with Gasteiger partial charge in [-0.1, -0.05) is 6.08 Å². The lowest BCUT2D eigenvalue weighted by molar-refractivity contribution is 0.330. The summed E-state index contributed by atoms with van der Waals surface area (Å²) < 4.78 is 0. The summed E-state index contributed by atoms with van der Waals surface area (Å²) in [4.78, 5) is 3.84. The first-order valence-electron chi connectivity index (χ1n) is 2.83. The predicted octanol–water partition coefficient (Wildman–Crippen LogP) is -0.0880. The fourth-order valence-corrected chi connectivity index (χ4v) is 0.377. The zero-order valence-corrected chi connectivity index (χ0v) is 5.54. The maximum atomic E-state index is 8.53. The third-order valence-electron chi connectivity index (χ3n) is 0.858. The van der Waals surface area contributed by atoms with Crippen LogP contribution in [0.2, 0.25) is 0 Å². The molecular formula is C6H12N2O. The second-order valence-electron chi connectivity index (χ2n) is 1.49. The summed E-state index contributed by atoms with van der Waals surface area (Å²) in [6, 6.07) is 0. The number of aliphatic imine (C=N–C) groups is 1. The van der Waals surface area contributed by atoms with Crippen LogP contribution in [0.1, 0.15) is 6.92 Å². The largest absolute Gasteiger partial charge is 0.390 e. The molecule has 0 rings (SSSR count). The van der Waals surface area contributed by atoms with E-state index in [1.165, 1.54) is 0 Å². The van der Waals surface area contributed by atoms with Crippen molar-refractivity contribution in [3.8, 4) is 0 Å². The Morgan fingerprint density at radius 1 is 1.78 bits per heavy atom. The van der Waals surface area contributed by atoms with Crippen molar-refractivity contribution in [2.45, 2.75) is 6.92 Å². The number of aliphatic hydroxyl groups is 1. The Labute approximate surface area is 54.9 Å². The van der Waals surface area contributed by atoms with E-state index in [4.69, 9.17) is 10.8 Å². The smallest absolute Gasteiger partial charge is 0.0849 e. The first-order valence-corrected chi connectivity index (χ1v) is 2.83. The van der Waals surface area contributed by atoms with Crippen molar-refractivity contribution in [1.82, 2.24) is 0 Å². The molecule has 0 radical (unpaired) electrons. The monoisotopic (exact) mass is 128 g/mol. The number of aliphatic hydroxyl groups excluding tert-OH is 1. The fourth-order valence-electron chi connectivity index (χ4n) is 0.377. The minimum atomic E-state index is -0.0208. The van der Waals surface area contributed by atoms with Crippen LogP contribution >= 0.6 is 0 Å². The van der Waals surface area contributed by atoms with Gasteiger partial charge >= 0.3 is 0 Å². The van der Waals surface area contributed by atoms with E-state index in [9.17, 15) is 0 Å². The molecule has 0 aliphatic rings. The summed E-state index contributed by atoms with van der Waals surface area (Å²) in [5.41, 5.74) is 5.78. The Hall–Kier alpha value is -0.670. The van der Waals surface area contributed by atoms with E-state index in [0.29, 0.717) is 12.2 Å². The number of nitrogens with zero attached hydrogens (tertiary/aromatic N) is 1. The molecule has 0 aromatic carbocycles. The highest BCUT2D eigenvalue weighted by atomic mass is 16.3. The van der Waals surface area contributed by atoms with Gasteiger partial charge in [0.1, 0.15) is 0 Å². The van der Waals surface area contributed by atoms with E-state index in [1.807, 2.05) is 6.92 Å². The quantitative estimate of drug-likeness (QED) is 0.522. The summed E-state index contributed by atoms with van der Waals surface area (Å²) >= 11 is 0. The van der Waals surface area contributed by atoms with E-state index in [-0.39, 0.29) is 6.61 Å². The minimum absolute atomic E-state index is 0.0208. The molecule has 3 heteroatoms. The molecule has 9 heavy (non-hydrogen) atoms. The second-order valence-corrected chi connectivity index (χ2v) is 1.49. The van der Waals surface area contributed by atoms with Crippen molar-refractivity contribution in [2.75, 3.05) is 13.2 Å². The van der Waals surface area contributed by atoms with Crippen LogP contribution in [0, 0.1) is 0 Å². The van der Waals surface area contributed by atoms with Gasteiger partial charge in [-0.05, 0) is 6.92 Å². The molecule has 0 fully saturated rings. The number of rotatable bonds is 3. The molecule has 0 saturated carbocycles. The Morgan fingerprint density at radius 2 is 2.44 bits per heavy atom. The Morgan fingerprint density at radius 3 is 2.78 bits per heavy atom. The van der Waals surface area contributed by atoms with Gasteiger partial charge in [0, 0.05) is 12.8 Å². The van der Waals surface area contributed by atoms with Gasteiger partial charge in [-0.15, -0.1) is 0 Å². The lowest BCUT2D eigenvalue weighted by Gasteiger charge is -1.90. The zero-order chi connectivity index (χ0) is 7.11. The van der Waals surface area contributed by atoms with Crippen LogP contribution in [0.4, 0.5) is 0 Å². The summed E-state index contributed by atoms with van der Waals surface area (Å²) in [6.45, 7) is 2.21. The first kappa shape index (κ1) is 8.33. The number of hydrogen-bond donors (Lipinski definition) is 2. The highest BCUT2D eigenvalue weighted by Crippen LogP contribution is 1.90. The molecule has 0 aliphatic carbocycles. The molecule has 0 unspecified atom stereocenters. The molecule has 0 atom stereocenters. The van der Waals surface area contributed by atoms with Crippen molar-refractivity contribution in [3.63, 3.8) is 0 Å². The van der Waals surface area contributed by atoms with E-state index in [2.05, 4.69) is 4.99 Å². The topological polar surface area (TPSA) is 58.6 Å². The average Bonchev–Trinajstić information content (AvgIpc) is 1.91. The fraction of sp³-hybridized carbons (Fsp3) is 0.500. The van der Waals surface area contributed by atoms with Gasteiger partial charge < -0.3 is 10.8 Å². The summed E-state index contributed by atoms with van der Waals surface area (Å²) in [6.07, 6.45) is 3.30. The van der Waals surface area contributed by atoms with Crippen molar-refractivity contribution < 1.29 is 5.11 Å². The lowest BCUT2D eigenvalue weighted by atomic mass is 10.4. The Kier molecular flexibility index (Phi) is 5.06. The van der Waals surface area contributed by atoms with Gasteiger partial charge in [-0.2, -0.15) is 0 Å². The van der Waals surface area contributed by atoms with Crippen molar-refractivity contribution in [1.29, 1.82) is 0 Å². The molecular weight excluding hydrogens is 116 g/mol. The third kappa shape index (κ3) is 3.88. The predicted molar refractivity (Wildman–Crippen MR) is 38.4 cm³/mol. The second kappa shape index (κ2) is 5.47. The van der Waals surface area contributed by atoms with Gasteiger partial charge in [0.15, 0.2) is 0 Å². The molecule has 52 valence electrons. The van der Waals surface area contributed by atoms with Gasteiger partial charge in [-0.25, -0.2) is 0 Å². The number of allylic oxidation sites excluding steroid dienone is 1. The first-order chi connectivity index (χ1) is 4.35. The summed E-state index contributed by atoms with van der Waals surface area (Å²) in [5, 5.41) is 8.53. The molecule has 0 aromatic heterocycles. The van der Waals surface area contributed by atoms with Gasteiger partial charge in [0.2, 0.25) is 0 Å². The van der Waals surface area contributed by atoms with E-state index >= 15 is 0 Å². The summed E-state index contributed by atoms with van der Waals surface area (Å²) in [5.74, 6) is 0. The standard InChI is InChI=1S/C6H12N2O/c1-2-6(5-9)8-4-3-7/h2,4,9H,3,5,7H2,1H3/b6-2-,8-4?. The van der Waals surface area contributed by atoms with Crippen molar-refractivity contribution in [3.05, 3.63) is 11.8 Å². The highest BCUT2D eigenvalue weighted by molar-refractivity contribution is 5.60. The molecule has 0 heterocycles. The van der Waals surface area contributed by atoms with Gasteiger partial charge in [0.25, 0.3) is 0 Å². The van der Waals surface area contributed by atoms with E-state index in [0.717, 1.165) is 0 Å². The molecule has 0 bridgehead atoms. The third-order valence-corrected chi connectivity index (χ3v) is 0.858. The van der Waals surface area contributed by atoms with Crippen molar-refractivity contribution in [2.24, 2.45) is 10.7 Å². The zero-order valence-electron chi connectivity index (χ0n) is 5.54. The van der Waals surface area contributed by atoms with Crippen LogP contribution in [-0.4, -0.2) is 24.5 Å². The maximum Gasteiger partial charge on any atom is 0.0849 e. The molecule has 0 aliphatic heterocycles. The SMILES string of the molecule is C/C=C(/CO)N=CCN. The number of nitrogens with two attached hydrogens (primary N) is 1. The van der Waals surface area contributed by atoms with Crippen LogP contribution in [-0.2, 0) is 0 Å². The van der Waals surface area contributed by atoms with Crippen LogP contribution in [0.25, 0.3) is 0 Å². The lowest BCUT2D eigenvalue weighted by Crippen LogP contribution is -1.99. The van der Waals surface area contributed by atoms with E-state index in [1.54, 1.807) is 12.3 Å². The highest BCUT2D eigenvalue weighted by Gasteiger charge is 1.83. The maximum absolute atomic E-state index is 8.53. The normalized spacial score (nSPS) is 13.0. The Bertz CT molecular complexity index is 118. The van der Waals surface area contributed by atoms with Crippen molar-refractivity contribution >= 4 is 6.21 Å². The van der Waals surface area contributed by atoms with Crippen LogP contribution < -0.4 is 5.73 Å². The molecule has 0 spiro atoms. The summed E-state index contributed by atoms with van der Waals surface area (Å²) in [7, 11) is 0. The van der Waals surface area contributed by atoms with Crippen LogP contribution in [0.15, 0.2) is 16.8 Å². The minimum Gasteiger partial charge on any atom is -0.390 e. The molecule has 0 saturated heterocycles. The molecule has 3 N–H and O–H groups in total. The molecule has 3 nitrogen and oxygen atoms in total. The number of hydrogen-bond acceptors (Lipinski definition) is 3. The van der Waals surface area contributed by atoms with Crippen LogP contribution in [0.3, 0.4) is 0 Å². The van der Waals surface area contributed by atoms with E-state index < -0.39 is 0 Å². The van der Waals surface area contributed by atoms with Gasteiger partial charge in [-0.3, -0.25) is 4.99 Å². The van der Waals surface area contributed by atoms with Crippen LogP contribution in [0.5, 0.6) is 0 Å². The average molecular weight is 128 g/mol. The molecule has 0 amide bonds. The Balaban J connectivity index is 3.70. The van der Waals surface area contributed by atoms with Gasteiger partial charge in [0.05, 0.1) is 12.3 Å².